The number of likely N-dealkylation sites (tertiary alicyclic amines) is 1. The van der Waals surface area contributed by atoms with E-state index in [4.69, 9.17) is 44.2 Å². The number of piperidine rings is 1. The predicted octanol–water partition coefficient (Wildman–Crippen LogP) is 5.42. The second-order valence-electron chi connectivity index (χ2n) is 13.6. The van der Waals surface area contributed by atoms with Gasteiger partial charge in [-0.25, -0.2) is 0 Å². The summed E-state index contributed by atoms with van der Waals surface area (Å²) in [6.07, 6.45) is 6.69. The van der Waals surface area contributed by atoms with Crippen molar-refractivity contribution in [1.82, 2.24) is 19.6 Å². The van der Waals surface area contributed by atoms with Gasteiger partial charge in [-0.1, -0.05) is 29.8 Å². The normalized spacial score (nSPS) is 23.6. The summed E-state index contributed by atoms with van der Waals surface area (Å²) < 4.78 is 7.73. The zero-order chi connectivity index (χ0) is 30.7. The Morgan fingerprint density at radius 2 is 1.88 bits per heavy atom. The number of morpholine rings is 1. The van der Waals surface area contributed by atoms with Crippen molar-refractivity contribution < 1.29 is 9.53 Å². The summed E-state index contributed by atoms with van der Waals surface area (Å²) in [5, 5.41) is 14.3. The minimum atomic E-state index is -0.155. The van der Waals surface area contributed by atoms with Crippen LogP contribution in [0.2, 0.25) is 10.0 Å². The number of aromatic nitrogens is 2. The Morgan fingerprint density at radius 1 is 1.19 bits per heavy atom. The molecule has 11 heteroatoms. The molecule has 1 spiro atoms. The lowest BCUT2D eigenvalue weighted by molar-refractivity contribution is -0.149. The molecule has 43 heavy (non-hydrogen) atoms. The van der Waals surface area contributed by atoms with Gasteiger partial charge in [0.15, 0.2) is 5.82 Å². The first kappa shape index (κ1) is 30.4. The molecule has 1 saturated carbocycles. The quantitative estimate of drug-likeness (QED) is 0.241. The second-order valence-corrected chi connectivity index (χ2v) is 14.4. The maximum absolute atomic E-state index is 12.1. The number of ether oxygens (including phenoxy) is 1. The maximum atomic E-state index is 12.1. The molecule has 1 aromatic heterocycles. The lowest BCUT2D eigenvalue weighted by atomic mass is 9.60. The van der Waals surface area contributed by atoms with E-state index in [1.165, 1.54) is 12.3 Å². The van der Waals surface area contributed by atoms with Crippen molar-refractivity contribution in [1.29, 1.82) is 5.41 Å². The summed E-state index contributed by atoms with van der Waals surface area (Å²) in [4.78, 5) is 18.9. The number of nitrogens with zero attached hydrogens (tertiary/aromatic N) is 5. The Kier molecular flexibility index (Phi) is 8.07. The van der Waals surface area contributed by atoms with Crippen LogP contribution >= 0.6 is 23.2 Å². The van der Waals surface area contributed by atoms with Gasteiger partial charge in [0.1, 0.15) is 0 Å². The van der Waals surface area contributed by atoms with Crippen molar-refractivity contribution >= 4 is 46.8 Å². The molecule has 1 atom stereocenters. The zero-order valence-electron chi connectivity index (χ0n) is 25.5. The van der Waals surface area contributed by atoms with Crippen LogP contribution in [0.25, 0.3) is 11.1 Å². The molecule has 1 amide bonds. The van der Waals surface area contributed by atoms with Crippen LogP contribution in [0.3, 0.4) is 0 Å². The highest BCUT2D eigenvalue weighted by Gasteiger charge is 2.54. The first-order valence-corrected chi connectivity index (χ1v) is 16.1. The van der Waals surface area contributed by atoms with E-state index < -0.39 is 0 Å². The van der Waals surface area contributed by atoms with E-state index in [1.807, 2.05) is 4.90 Å². The molecule has 1 aromatic carbocycles. The SMILES string of the molecule is C=CC(=O)N1CC2(CC(n3nc(N4CCC(CN5CCOCC5)CC4(C)C)c(-c4c(Cl)c(Cl)cc(N)c4C=N)c3C)C2)C1. The van der Waals surface area contributed by atoms with Crippen LogP contribution < -0.4 is 10.6 Å². The lowest BCUT2D eigenvalue weighted by Crippen LogP contribution is -2.63. The fourth-order valence-electron chi connectivity index (χ4n) is 8.05. The van der Waals surface area contributed by atoms with Gasteiger partial charge in [-0.3, -0.25) is 14.4 Å². The van der Waals surface area contributed by atoms with E-state index in [2.05, 4.69) is 41.8 Å². The lowest BCUT2D eigenvalue weighted by Gasteiger charge is -2.58. The molecular formula is C32H43Cl2N7O2. The van der Waals surface area contributed by atoms with E-state index in [1.54, 1.807) is 6.07 Å². The predicted molar refractivity (Wildman–Crippen MR) is 174 cm³/mol. The number of carbonyl (C=O) groups excluding carboxylic acids is 1. The third-order valence-electron chi connectivity index (χ3n) is 10.2. The number of hydrogen-bond donors (Lipinski definition) is 2. The molecule has 0 bridgehead atoms. The molecule has 232 valence electrons. The van der Waals surface area contributed by atoms with Crippen LogP contribution in [0.5, 0.6) is 0 Å². The van der Waals surface area contributed by atoms with Crippen molar-refractivity contribution in [2.24, 2.45) is 11.3 Å². The highest BCUT2D eigenvalue weighted by Crippen LogP contribution is 2.56. The summed E-state index contributed by atoms with van der Waals surface area (Å²) in [6, 6.07) is 1.84. The van der Waals surface area contributed by atoms with Crippen LogP contribution in [0.4, 0.5) is 11.5 Å². The third-order valence-corrected chi connectivity index (χ3v) is 11.0. The first-order valence-electron chi connectivity index (χ1n) is 15.3. The van der Waals surface area contributed by atoms with Crippen LogP contribution in [-0.4, -0.2) is 89.7 Å². The Labute approximate surface area is 264 Å². The molecule has 0 radical (unpaired) electrons. The molecule has 1 unspecified atom stereocenters. The number of halogens is 2. The molecule has 9 nitrogen and oxygen atoms in total. The standard InChI is InChI=1S/C32H43Cl2N7O2/c1-5-26(42)39-18-32(19-39)14-22(15-32)41-20(2)27(28-23(16-35)25(36)12-24(33)29(28)34)30(37-41)40-7-6-21(13-31(40,3)4)17-38-8-10-43-11-9-38/h5,12,16,21-22,35H,1,6-11,13-15,17-19,36H2,2-4H3. The molecule has 2 aromatic rings. The van der Waals surface area contributed by atoms with Gasteiger partial charge in [-0.15, -0.1) is 0 Å². The molecule has 4 heterocycles. The topological polar surface area (TPSA) is 104 Å². The highest BCUT2D eigenvalue weighted by molar-refractivity contribution is 6.44. The van der Waals surface area contributed by atoms with Crippen LogP contribution in [0, 0.1) is 23.7 Å². The molecule has 4 fully saturated rings. The Balaban J connectivity index is 1.35. The van der Waals surface area contributed by atoms with Gasteiger partial charge in [0.25, 0.3) is 0 Å². The summed E-state index contributed by atoms with van der Waals surface area (Å²) >= 11 is 13.5. The number of carbonyl (C=O) groups is 1. The van der Waals surface area contributed by atoms with Crippen molar-refractivity contribution in [2.75, 3.05) is 63.1 Å². The number of anilines is 2. The smallest absolute Gasteiger partial charge is 0.245 e. The molecule has 3 N–H and O–H groups in total. The highest BCUT2D eigenvalue weighted by atomic mass is 35.5. The van der Waals surface area contributed by atoms with Gasteiger partial charge in [-0.05, 0) is 64.5 Å². The van der Waals surface area contributed by atoms with E-state index in [-0.39, 0.29) is 22.9 Å². The molecule has 4 aliphatic rings. The third kappa shape index (κ3) is 5.36. The zero-order valence-corrected chi connectivity index (χ0v) is 27.0. The molecule has 6 rings (SSSR count). The number of rotatable bonds is 7. The van der Waals surface area contributed by atoms with Gasteiger partial charge in [0.05, 0.1) is 29.3 Å². The second kappa shape index (κ2) is 11.4. The monoisotopic (exact) mass is 627 g/mol. The van der Waals surface area contributed by atoms with Gasteiger partial charge >= 0.3 is 0 Å². The molecule has 3 saturated heterocycles. The summed E-state index contributed by atoms with van der Waals surface area (Å²) in [5.74, 6) is 1.46. The molecule has 1 aliphatic carbocycles. The number of nitrogens with one attached hydrogen (secondary N) is 1. The van der Waals surface area contributed by atoms with Crippen LogP contribution in [-0.2, 0) is 9.53 Å². The summed E-state index contributed by atoms with van der Waals surface area (Å²) in [5.41, 5.74) is 9.94. The van der Waals surface area contributed by atoms with E-state index >= 15 is 0 Å². The van der Waals surface area contributed by atoms with Crippen molar-refractivity contribution in [3.63, 3.8) is 0 Å². The van der Waals surface area contributed by atoms with Gasteiger partial charge in [0.2, 0.25) is 5.91 Å². The number of hydrogen-bond acceptors (Lipinski definition) is 7. The van der Waals surface area contributed by atoms with Crippen molar-refractivity contribution in [3.8, 4) is 11.1 Å². The minimum Gasteiger partial charge on any atom is -0.398 e. The maximum Gasteiger partial charge on any atom is 0.245 e. The Hall–Kier alpha value is -2.59. The van der Waals surface area contributed by atoms with E-state index in [0.29, 0.717) is 32.8 Å². The summed E-state index contributed by atoms with van der Waals surface area (Å²) in [7, 11) is 0. The fraction of sp³-hybridized carbons (Fsp3) is 0.594. The first-order chi connectivity index (χ1) is 20.5. The Bertz CT molecular complexity index is 1430. The average Bonchev–Trinajstić information content (AvgIpc) is 3.24. The van der Waals surface area contributed by atoms with Gasteiger partial charge < -0.3 is 25.7 Å². The number of nitrogens with two attached hydrogens (primary N) is 1. The van der Waals surface area contributed by atoms with E-state index in [9.17, 15) is 4.79 Å². The van der Waals surface area contributed by atoms with Crippen molar-refractivity contribution in [3.05, 3.63) is 40.0 Å². The van der Waals surface area contributed by atoms with Crippen LogP contribution in [0.15, 0.2) is 18.7 Å². The average molecular weight is 629 g/mol. The van der Waals surface area contributed by atoms with E-state index in [0.717, 1.165) is 95.2 Å². The number of nitrogen functional groups attached to an aromatic ring is 1. The number of benzene rings is 1. The minimum absolute atomic E-state index is 0.000492. The van der Waals surface area contributed by atoms with Gasteiger partial charge in [-0.2, -0.15) is 5.10 Å². The fourth-order valence-corrected chi connectivity index (χ4v) is 8.51. The Morgan fingerprint density at radius 3 is 2.51 bits per heavy atom. The number of amides is 1. The summed E-state index contributed by atoms with van der Waals surface area (Å²) in [6.45, 7) is 17.4. The largest absolute Gasteiger partial charge is 0.398 e. The van der Waals surface area contributed by atoms with Crippen LogP contribution in [0.1, 0.15) is 56.8 Å². The molecular weight excluding hydrogens is 585 g/mol. The van der Waals surface area contributed by atoms with Crippen molar-refractivity contribution in [2.45, 2.75) is 58.0 Å². The molecule has 3 aliphatic heterocycles. The van der Waals surface area contributed by atoms with Gasteiger partial charge in [0, 0.05) is 84.5 Å².